The Bertz CT molecular complexity index is 832. The fourth-order valence-corrected chi connectivity index (χ4v) is 3.62. The van der Waals surface area contributed by atoms with E-state index in [-0.39, 0.29) is 11.7 Å². The number of carbonyl (C=O) groups is 1. The minimum atomic E-state index is -0.164. The minimum Gasteiger partial charge on any atom is -0.288 e. The molecule has 0 radical (unpaired) electrons. The number of hydrogen-bond donors (Lipinski definition) is 1. The Kier molecular flexibility index (Phi) is 5.49. The summed E-state index contributed by atoms with van der Waals surface area (Å²) >= 11 is 8.77. The average Bonchev–Trinajstić information content (AvgIpc) is 3.23. The molecule has 0 bridgehead atoms. The Morgan fingerprint density at radius 2 is 2.21 bits per heavy atom. The van der Waals surface area contributed by atoms with Crippen LogP contribution < -0.4 is 10.00 Å². The third-order valence-corrected chi connectivity index (χ3v) is 5.32. The van der Waals surface area contributed by atoms with E-state index >= 15 is 0 Å². The molecule has 3 rings (SSSR count). The van der Waals surface area contributed by atoms with Crippen molar-refractivity contribution in [3.63, 3.8) is 0 Å². The van der Waals surface area contributed by atoms with E-state index in [1.807, 2.05) is 36.6 Å². The number of carbonyl (C=O) groups excluding carboxylic acids is 1. The standard InChI is InChI=1S/C15H13ClN4O2S2/c1-2-20-7-14(22-19-20)18-13(21)9-24-15-17-12(8-23-15)10-3-5-11(16)6-4-10/h3-8H,2,9H2,1H3/p+1. The molecule has 0 aliphatic rings. The number of amides is 1. The van der Waals surface area contributed by atoms with Crippen molar-refractivity contribution in [2.24, 2.45) is 0 Å². The summed E-state index contributed by atoms with van der Waals surface area (Å²) in [6.07, 6.45) is 1.64. The SMILES string of the molecule is CC[n+]1cc(NC(=O)CSc2nc(-c3ccc(Cl)cc3)cs2)on1. The molecule has 2 heterocycles. The first kappa shape index (κ1) is 16.9. The molecular weight excluding hydrogens is 368 g/mol. The van der Waals surface area contributed by atoms with Gasteiger partial charge in [0.05, 0.1) is 11.4 Å². The molecule has 0 aliphatic carbocycles. The van der Waals surface area contributed by atoms with Crippen molar-refractivity contribution in [1.29, 1.82) is 0 Å². The molecular formula is C15H14ClN4O2S2+. The number of aryl methyl sites for hydroxylation is 1. The first-order chi connectivity index (χ1) is 11.6. The molecule has 6 nitrogen and oxygen atoms in total. The highest BCUT2D eigenvalue weighted by atomic mass is 35.5. The first-order valence-electron chi connectivity index (χ1n) is 7.14. The van der Waals surface area contributed by atoms with Gasteiger partial charge in [0.2, 0.25) is 11.2 Å². The zero-order valence-electron chi connectivity index (χ0n) is 12.7. The monoisotopic (exact) mass is 381 g/mol. The van der Waals surface area contributed by atoms with Crippen LogP contribution in [0.15, 0.2) is 44.7 Å². The third-order valence-electron chi connectivity index (χ3n) is 3.05. The molecule has 0 atom stereocenters. The molecule has 2 aromatic heterocycles. The maximum Gasteiger partial charge on any atom is 0.302 e. The highest BCUT2D eigenvalue weighted by molar-refractivity contribution is 8.01. The number of anilines is 1. The van der Waals surface area contributed by atoms with Crippen LogP contribution in [0.5, 0.6) is 0 Å². The smallest absolute Gasteiger partial charge is 0.288 e. The molecule has 0 saturated heterocycles. The molecule has 1 N–H and O–H groups in total. The lowest BCUT2D eigenvalue weighted by molar-refractivity contribution is -0.759. The van der Waals surface area contributed by atoms with Crippen molar-refractivity contribution in [3.8, 4) is 11.3 Å². The van der Waals surface area contributed by atoms with Crippen molar-refractivity contribution in [2.45, 2.75) is 17.8 Å². The number of nitrogens with one attached hydrogen (secondary N) is 1. The maximum absolute atomic E-state index is 11.9. The van der Waals surface area contributed by atoms with E-state index in [0.29, 0.717) is 17.5 Å². The van der Waals surface area contributed by atoms with Crippen LogP contribution in [0.1, 0.15) is 6.92 Å². The largest absolute Gasteiger partial charge is 0.302 e. The van der Waals surface area contributed by atoms with Gasteiger partial charge >= 0.3 is 5.88 Å². The lowest BCUT2D eigenvalue weighted by atomic mass is 10.2. The molecule has 1 amide bonds. The van der Waals surface area contributed by atoms with E-state index < -0.39 is 0 Å². The van der Waals surface area contributed by atoms with Gasteiger partial charge in [0, 0.05) is 16.0 Å². The Balaban J connectivity index is 1.55. The third kappa shape index (κ3) is 4.34. The van der Waals surface area contributed by atoms with E-state index in [9.17, 15) is 4.79 Å². The predicted octanol–water partition coefficient (Wildman–Crippen LogP) is 3.49. The number of nitrogens with zero attached hydrogens (tertiary/aromatic N) is 3. The second-order valence-electron chi connectivity index (χ2n) is 4.76. The average molecular weight is 382 g/mol. The van der Waals surface area contributed by atoms with Gasteiger partial charge in [0.25, 0.3) is 6.20 Å². The van der Waals surface area contributed by atoms with Crippen LogP contribution in [0.3, 0.4) is 0 Å². The summed E-state index contributed by atoms with van der Waals surface area (Å²) in [7, 11) is 0. The van der Waals surface area contributed by atoms with Gasteiger partial charge in [-0.25, -0.2) is 4.98 Å². The maximum atomic E-state index is 11.9. The molecule has 0 aliphatic heterocycles. The van der Waals surface area contributed by atoms with Crippen molar-refractivity contribution in [1.82, 2.24) is 10.3 Å². The Labute approximate surface area is 151 Å². The van der Waals surface area contributed by atoms with Crippen LogP contribution in [0.25, 0.3) is 11.3 Å². The van der Waals surface area contributed by atoms with Gasteiger partial charge in [-0.05, 0) is 19.1 Å². The van der Waals surface area contributed by atoms with Crippen molar-refractivity contribution in [2.75, 3.05) is 11.1 Å². The molecule has 124 valence electrons. The summed E-state index contributed by atoms with van der Waals surface area (Å²) in [4.78, 5) is 16.5. The van der Waals surface area contributed by atoms with Crippen molar-refractivity contribution >= 4 is 46.5 Å². The molecule has 0 saturated carbocycles. The van der Waals surface area contributed by atoms with Gasteiger partial charge < -0.3 is 0 Å². The molecule has 0 fully saturated rings. The summed E-state index contributed by atoms with van der Waals surface area (Å²) in [5, 5.41) is 9.07. The molecule has 0 spiro atoms. The molecule has 24 heavy (non-hydrogen) atoms. The van der Waals surface area contributed by atoms with E-state index in [1.54, 1.807) is 10.9 Å². The topological polar surface area (TPSA) is 71.9 Å². The number of halogens is 1. The van der Waals surface area contributed by atoms with E-state index in [2.05, 4.69) is 15.6 Å². The minimum absolute atomic E-state index is 0.164. The van der Waals surface area contributed by atoms with E-state index in [1.165, 1.54) is 23.1 Å². The lowest BCUT2D eigenvalue weighted by Gasteiger charge is -1.98. The predicted molar refractivity (Wildman–Crippen MR) is 94.3 cm³/mol. The molecule has 3 aromatic rings. The number of thioether (sulfide) groups is 1. The van der Waals surface area contributed by atoms with Crippen LogP contribution in [0.4, 0.5) is 5.88 Å². The number of benzene rings is 1. The molecule has 1 aromatic carbocycles. The number of thiazole rings is 1. The highest BCUT2D eigenvalue weighted by Crippen LogP contribution is 2.28. The van der Waals surface area contributed by atoms with Crippen molar-refractivity contribution in [3.05, 3.63) is 40.9 Å². The zero-order chi connectivity index (χ0) is 16.9. The fraction of sp³-hybridized carbons (Fsp3) is 0.200. The summed E-state index contributed by atoms with van der Waals surface area (Å²) < 4.78 is 7.43. The Morgan fingerprint density at radius 1 is 1.42 bits per heavy atom. The molecule has 9 heteroatoms. The van der Waals surface area contributed by atoms with Gasteiger partial charge in [-0.2, -0.15) is 0 Å². The van der Waals surface area contributed by atoms with E-state index in [0.717, 1.165) is 15.6 Å². The second kappa shape index (κ2) is 7.78. The summed E-state index contributed by atoms with van der Waals surface area (Å²) in [5.74, 6) is 0.423. The number of aromatic nitrogens is 3. The number of hydrogen-bond acceptors (Lipinski definition) is 6. The zero-order valence-corrected chi connectivity index (χ0v) is 15.1. The first-order valence-corrected chi connectivity index (χ1v) is 9.39. The Morgan fingerprint density at radius 3 is 2.92 bits per heavy atom. The molecule has 0 unspecified atom stereocenters. The van der Waals surface area contributed by atoms with Gasteiger partial charge in [0.1, 0.15) is 0 Å². The lowest BCUT2D eigenvalue weighted by Crippen LogP contribution is -2.32. The van der Waals surface area contributed by atoms with Gasteiger partial charge in [0.15, 0.2) is 10.9 Å². The van der Waals surface area contributed by atoms with Crippen LogP contribution in [-0.2, 0) is 11.3 Å². The van der Waals surface area contributed by atoms with Crippen LogP contribution in [0.2, 0.25) is 5.02 Å². The van der Waals surface area contributed by atoms with Crippen molar-refractivity contribution < 1.29 is 14.0 Å². The van der Waals surface area contributed by atoms with Gasteiger partial charge in [-0.15, -0.1) is 11.3 Å². The number of rotatable bonds is 6. The normalized spacial score (nSPS) is 10.8. The fourth-order valence-electron chi connectivity index (χ4n) is 1.86. The second-order valence-corrected chi connectivity index (χ2v) is 7.28. The van der Waals surface area contributed by atoms with Crippen LogP contribution >= 0.6 is 34.7 Å². The van der Waals surface area contributed by atoms with E-state index in [4.69, 9.17) is 16.1 Å². The van der Waals surface area contributed by atoms with Crippen LogP contribution in [0, 0.1) is 0 Å². The quantitative estimate of drug-likeness (QED) is 0.522. The summed E-state index contributed by atoms with van der Waals surface area (Å²) in [6.45, 7) is 2.62. The van der Waals surface area contributed by atoms with Gasteiger partial charge in [-0.3, -0.25) is 14.6 Å². The Hall–Kier alpha value is -1.90. The van der Waals surface area contributed by atoms with Gasteiger partial charge in [-0.1, -0.05) is 40.2 Å². The highest BCUT2D eigenvalue weighted by Gasteiger charge is 2.13. The summed E-state index contributed by atoms with van der Waals surface area (Å²) in [6, 6.07) is 7.50. The summed E-state index contributed by atoms with van der Waals surface area (Å²) in [5.41, 5.74) is 1.87. The van der Waals surface area contributed by atoms with Crippen LogP contribution in [-0.4, -0.2) is 21.9 Å².